The van der Waals surface area contributed by atoms with E-state index in [4.69, 9.17) is 9.73 Å². The van der Waals surface area contributed by atoms with E-state index in [0.29, 0.717) is 17.1 Å². The molecule has 6 heteroatoms. The molecule has 6 nitrogen and oxygen atoms in total. The molecule has 0 saturated heterocycles. The molecule has 3 aromatic carbocycles. The number of para-hydroxylation sites is 1. The van der Waals surface area contributed by atoms with Crippen LogP contribution in [0.25, 0.3) is 0 Å². The number of carbonyl (C=O) groups excluding carboxylic acids is 2. The highest BCUT2D eigenvalue weighted by Crippen LogP contribution is 2.36. The van der Waals surface area contributed by atoms with Crippen LogP contribution in [0.15, 0.2) is 83.9 Å². The van der Waals surface area contributed by atoms with E-state index in [0.717, 1.165) is 16.8 Å². The Hall–Kier alpha value is -3.77. The number of nitrogens with one attached hydrogen (secondary N) is 2. The largest absolute Gasteiger partial charge is 0.375 e. The summed E-state index contributed by atoms with van der Waals surface area (Å²) in [5.74, 6) is -0.815. The first kappa shape index (κ1) is 19.5. The van der Waals surface area contributed by atoms with Gasteiger partial charge in [-0.25, -0.2) is 0 Å². The van der Waals surface area contributed by atoms with E-state index < -0.39 is 5.92 Å². The number of aliphatic imine (C=N–C) groups is 1. The summed E-state index contributed by atoms with van der Waals surface area (Å²) < 4.78 is 4.83. The van der Waals surface area contributed by atoms with Crippen molar-refractivity contribution in [3.05, 3.63) is 90.0 Å². The van der Waals surface area contributed by atoms with Gasteiger partial charge in [0.15, 0.2) is 0 Å². The van der Waals surface area contributed by atoms with Crippen LogP contribution in [0.3, 0.4) is 0 Å². The smallest absolute Gasteiger partial charge is 0.250 e. The molecule has 1 aliphatic heterocycles. The first-order valence-corrected chi connectivity index (χ1v) is 9.58. The molecule has 150 valence electrons. The van der Waals surface area contributed by atoms with Crippen LogP contribution in [0.4, 0.5) is 17.1 Å². The van der Waals surface area contributed by atoms with E-state index in [2.05, 4.69) is 10.6 Å². The van der Waals surface area contributed by atoms with Gasteiger partial charge in [0, 0.05) is 18.5 Å². The zero-order valence-electron chi connectivity index (χ0n) is 16.5. The van der Waals surface area contributed by atoms with Crippen molar-refractivity contribution in [3.63, 3.8) is 0 Å². The normalized spacial score (nSPS) is 15.4. The molecule has 0 aromatic heterocycles. The van der Waals surface area contributed by atoms with E-state index >= 15 is 0 Å². The maximum absolute atomic E-state index is 12.8. The van der Waals surface area contributed by atoms with Crippen molar-refractivity contribution in [1.82, 2.24) is 0 Å². The molecule has 0 radical (unpaired) electrons. The Morgan fingerprint density at radius 3 is 2.43 bits per heavy atom. The Bertz CT molecular complexity index is 1090. The molecular formula is C24H21N3O3. The van der Waals surface area contributed by atoms with Crippen molar-refractivity contribution < 1.29 is 14.3 Å². The Labute approximate surface area is 174 Å². The predicted molar refractivity (Wildman–Crippen MR) is 117 cm³/mol. The van der Waals surface area contributed by atoms with Gasteiger partial charge in [-0.1, -0.05) is 48.5 Å². The quantitative estimate of drug-likeness (QED) is 0.612. The van der Waals surface area contributed by atoms with Crippen LogP contribution < -0.4 is 10.6 Å². The number of hydrogen-bond donors (Lipinski definition) is 2. The lowest BCUT2D eigenvalue weighted by molar-refractivity contribution is -0.119. The molecule has 30 heavy (non-hydrogen) atoms. The van der Waals surface area contributed by atoms with Gasteiger partial charge in [0.05, 0.1) is 11.4 Å². The topological polar surface area (TPSA) is 79.8 Å². The second-order valence-corrected chi connectivity index (χ2v) is 6.90. The number of fused-ring (bicyclic) bond motifs is 1. The molecule has 0 saturated carbocycles. The van der Waals surface area contributed by atoms with Crippen LogP contribution in [0.2, 0.25) is 0 Å². The van der Waals surface area contributed by atoms with Gasteiger partial charge in [-0.3, -0.25) is 14.6 Å². The molecule has 1 heterocycles. The van der Waals surface area contributed by atoms with Gasteiger partial charge in [-0.05, 0) is 41.5 Å². The minimum atomic E-state index is -0.496. The monoisotopic (exact) mass is 399 g/mol. The number of methoxy groups -OCH3 is 1. The molecule has 0 spiro atoms. The third kappa shape index (κ3) is 4.14. The van der Waals surface area contributed by atoms with E-state index in [1.165, 1.54) is 7.11 Å². The molecule has 0 fully saturated rings. The maximum Gasteiger partial charge on any atom is 0.250 e. The molecule has 3 aromatic rings. The number of rotatable bonds is 6. The Kier molecular flexibility index (Phi) is 5.68. The molecule has 4 rings (SSSR count). The highest BCUT2D eigenvalue weighted by Gasteiger charge is 2.35. The second kappa shape index (κ2) is 8.71. The van der Waals surface area contributed by atoms with Gasteiger partial charge < -0.3 is 15.4 Å². The van der Waals surface area contributed by atoms with Crippen LogP contribution in [0, 0.1) is 0 Å². The zero-order chi connectivity index (χ0) is 20.9. The van der Waals surface area contributed by atoms with Crippen molar-refractivity contribution in [3.8, 4) is 0 Å². The molecule has 0 bridgehead atoms. The fourth-order valence-corrected chi connectivity index (χ4v) is 3.47. The number of amides is 2. The second-order valence-electron chi connectivity index (χ2n) is 6.90. The van der Waals surface area contributed by atoms with Crippen LogP contribution in [-0.4, -0.2) is 31.2 Å². The first-order chi connectivity index (χ1) is 14.7. The van der Waals surface area contributed by atoms with Crippen molar-refractivity contribution in [1.29, 1.82) is 0 Å². The number of hydrogen-bond acceptors (Lipinski definition) is 4. The van der Waals surface area contributed by atoms with Crippen molar-refractivity contribution in [2.75, 3.05) is 24.4 Å². The van der Waals surface area contributed by atoms with E-state index in [1.807, 2.05) is 66.7 Å². The van der Waals surface area contributed by atoms with Gasteiger partial charge in [-0.15, -0.1) is 0 Å². The fourth-order valence-electron chi connectivity index (χ4n) is 3.47. The van der Waals surface area contributed by atoms with Gasteiger partial charge >= 0.3 is 0 Å². The highest BCUT2D eigenvalue weighted by molar-refractivity contribution is 6.24. The standard InChI is InChI=1S/C24H21N3O3/c1-30-15-21(28)25-17-11-13-18(14-12-17)26-23(16-7-3-2-4-8-16)22-19-9-5-6-10-20(19)27-24(22)29/h2-14,22H,15H2,1H3,(H,25,28)(H,27,29). The SMILES string of the molecule is COCC(=O)Nc1ccc(N=C(c2ccccc2)C2C(=O)Nc3ccccc32)cc1. The summed E-state index contributed by atoms with van der Waals surface area (Å²) in [6, 6.07) is 24.5. The highest BCUT2D eigenvalue weighted by atomic mass is 16.5. The number of nitrogens with zero attached hydrogens (tertiary/aromatic N) is 1. The third-order valence-electron chi connectivity index (χ3n) is 4.81. The Morgan fingerprint density at radius 1 is 1.00 bits per heavy atom. The first-order valence-electron chi connectivity index (χ1n) is 9.58. The van der Waals surface area contributed by atoms with Crippen LogP contribution >= 0.6 is 0 Å². The minimum absolute atomic E-state index is 0.00569. The molecule has 1 atom stereocenters. The molecule has 2 amide bonds. The van der Waals surface area contributed by atoms with E-state index in [9.17, 15) is 9.59 Å². The average molecular weight is 399 g/mol. The zero-order valence-corrected chi connectivity index (χ0v) is 16.5. The van der Waals surface area contributed by atoms with Gasteiger partial charge in [0.1, 0.15) is 12.5 Å². The summed E-state index contributed by atoms with van der Waals surface area (Å²) >= 11 is 0. The predicted octanol–water partition coefficient (Wildman–Crippen LogP) is 4.13. The summed E-state index contributed by atoms with van der Waals surface area (Å²) in [6.07, 6.45) is 0. The van der Waals surface area contributed by atoms with Gasteiger partial charge in [0.25, 0.3) is 0 Å². The summed E-state index contributed by atoms with van der Waals surface area (Å²) in [7, 11) is 1.47. The molecule has 0 aliphatic carbocycles. The van der Waals surface area contributed by atoms with Gasteiger partial charge in [0.2, 0.25) is 11.8 Å². The summed E-state index contributed by atoms with van der Waals surface area (Å²) in [5, 5.41) is 5.70. The summed E-state index contributed by atoms with van der Waals surface area (Å²) in [4.78, 5) is 29.3. The average Bonchev–Trinajstić information content (AvgIpc) is 3.09. The lowest BCUT2D eigenvalue weighted by Gasteiger charge is -2.14. The number of carbonyl (C=O) groups is 2. The number of ether oxygens (including phenoxy) is 1. The van der Waals surface area contributed by atoms with Crippen LogP contribution in [0.5, 0.6) is 0 Å². The molecular weight excluding hydrogens is 378 g/mol. The van der Waals surface area contributed by atoms with Crippen LogP contribution in [0.1, 0.15) is 17.0 Å². The molecule has 1 aliphatic rings. The lowest BCUT2D eigenvalue weighted by atomic mass is 9.90. The Morgan fingerprint density at radius 2 is 1.70 bits per heavy atom. The van der Waals surface area contributed by atoms with Crippen molar-refractivity contribution in [2.24, 2.45) is 4.99 Å². The van der Waals surface area contributed by atoms with Gasteiger partial charge in [-0.2, -0.15) is 0 Å². The Balaban J connectivity index is 1.70. The minimum Gasteiger partial charge on any atom is -0.375 e. The van der Waals surface area contributed by atoms with E-state index in [-0.39, 0.29) is 18.4 Å². The number of anilines is 2. The maximum atomic E-state index is 12.8. The van der Waals surface area contributed by atoms with E-state index in [1.54, 1.807) is 12.1 Å². The summed E-state index contributed by atoms with van der Waals surface area (Å²) in [5.41, 5.74) is 4.62. The number of benzene rings is 3. The molecule has 2 N–H and O–H groups in total. The van der Waals surface area contributed by atoms with Crippen LogP contribution in [-0.2, 0) is 14.3 Å². The summed E-state index contributed by atoms with van der Waals surface area (Å²) in [6.45, 7) is -0.00569. The lowest BCUT2D eigenvalue weighted by Crippen LogP contribution is -2.22. The van der Waals surface area contributed by atoms with Crippen molar-refractivity contribution in [2.45, 2.75) is 5.92 Å². The van der Waals surface area contributed by atoms with Crippen molar-refractivity contribution >= 4 is 34.6 Å². The third-order valence-corrected chi connectivity index (χ3v) is 4.81. The molecule has 1 unspecified atom stereocenters. The fraction of sp³-hybridized carbons (Fsp3) is 0.125.